The van der Waals surface area contributed by atoms with Gasteiger partial charge >= 0.3 is 7.60 Å². The normalized spacial score (nSPS) is 12.6. The zero-order valence-corrected chi connectivity index (χ0v) is 12.1. The van der Waals surface area contributed by atoms with Crippen molar-refractivity contribution >= 4 is 7.60 Å². The fourth-order valence-electron chi connectivity index (χ4n) is 1.98. The molecule has 21 heavy (non-hydrogen) atoms. The van der Waals surface area contributed by atoms with E-state index in [9.17, 15) is 14.4 Å². The largest absolute Gasteiger partial charge is 0.346 e. The summed E-state index contributed by atoms with van der Waals surface area (Å²) in [6.45, 7) is 0.344. The molecule has 5 nitrogen and oxygen atoms in total. The highest BCUT2D eigenvalue weighted by molar-refractivity contribution is 7.52. The summed E-state index contributed by atoms with van der Waals surface area (Å²) in [4.78, 5) is 19.0. The van der Waals surface area contributed by atoms with Crippen molar-refractivity contribution in [3.05, 3.63) is 71.3 Å². The number of hydrogen-bond donors (Lipinski definition) is 3. The van der Waals surface area contributed by atoms with Gasteiger partial charge in [0.05, 0.1) is 11.6 Å². The van der Waals surface area contributed by atoms with Gasteiger partial charge in [-0.1, -0.05) is 42.5 Å². The summed E-state index contributed by atoms with van der Waals surface area (Å²) < 4.78 is 11.7. The monoisotopic (exact) mass is 302 g/mol. The second-order valence-corrected chi connectivity index (χ2v) is 6.29. The van der Waals surface area contributed by atoms with Crippen molar-refractivity contribution in [2.45, 2.75) is 12.3 Å². The van der Waals surface area contributed by atoms with Crippen LogP contribution in [-0.2, 0) is 11.1 Å². The molecule has 0 radical (unpaired) electrons. The first kappa shape index (κ1) is 15.4. The molecule has 0 aliphatic carbocycles. The van der Waals surface area contributed by atoms with Gasteiger partial charge < -0.3 is 9.79 Å². The van der Waals surface area contributed by atoms with E-state index in [1.807, 2.05) is 36.4 Å². The molecule has 1 atom stereocenters. The van der Waals surface area contributed by atoms with Gasteiger partial charge in [0.25, 0.3) is 0 Å². The summed E-state index contributed by atoms with van der Waals surface area (Å²) in [5, 5.41) is 11.6. The van der Waals surface area contributed by atoms with Crippen LogP contribution in [0.3, 0.4) is 0 Å². The van der Waals surface area contributed by atoms with E-state index < -0.39 is 13.4 Å². The maximum absolute atomic E-state index is 11.7. The lowest BCUT2D eigenvalue weighted by atomic mass is 10.1. The molecule has 0 aromatic heterocycles. The van der Waals surface area contributed by atoms with Crippen LogP contribution < -0.4 is 5.32 Å². The van der Waals surface area contributed by atoms with E-state index in [2.05, 4.69) is 5.32 Å². The third kappa shape index (κ3) is 4.25. The maximum atomic E-state index is 11.7. The van der Waals surface area contributed by atoms with Gasteiger partial charge in [-0.05, 0) is 23.3 Å². The van der Waals surface area contributed by atoms with Crippen LogP contribution in [0.5, 0.6) is 0 Å². The van der Waals surface area contributed by atoms with Crippen LogP contribution in [0.15, 0.2) is 54.6 Å². The molecule has 0 amide bonds. The van der Waals surface area contributed by atoms with Gasteiger partial charge in [0.2, 0.25) is 0 Å². The predicted octanol–water partition coefficient (Wildman–Crippen LogP) is 2.52. The Balaban J connectivity index is 2.19. The third-order valence-electron chi connectivity index (χ3n) is 3.03. The molecule has 0 saturated heterocycles. The molecule has 108 valence electrons. The van der Waals surface area contributed by atoms with Gasteiger partial charge in [-0.15, -0.1) is 0 Å². The highest BCUT2D eigenvalue weighted by atomic mass is 31.2. The topological polar surface area (TPSA) is 93.4 Å². The highest BCUT2D eigenvalue weighted by Gasteiger charge is 2.29. The first-order valence-electron chi connectivity index (χ1n) is 6.33. The van der Waals surface area contributed by atoms with Gasteiger partial charge in [-0.2, -0.15) is 5.26 Å². The summed E-state index contributed by atoms with van der Waals surface area (Å²) in [7, 11) is -4.35. The van der Waals surface area contributed by atoms with Crippen molar-refractivity contribution in [1.82, 2.24) is 5.32 Å². The minimum atomic E-state index is -4.35. The molecule has 2 aromatic rings. The number of hydrogen-bond acceptors (Lipinski definition) is 3. The first-order chi connectivity index (χ1) is 10.0. The van der Waals surface area contributed by atoms with Crippen molar-refractivity contribution in [3.63, 3.8) is 0 Å². The zero-order valence-electron chi connectivity index (χ0n) is 11.2. The lowest BCUT2D eigenvalue weighted by molar-refractivity contribution is 0.347. The highest BCUT2D eigenvalue weighted by Crippen LogP contribution is 2.50. The Labute approximate surface area is 123 Å². The Morgan fingerprint density at radius 3 is 2.24 bits per heavy atom. The molecule has 2 rings (SSSR count). The van der Waals surface area contributed by atoms with E-state index in [1.54, 1.807) is 24.3 Å². The Morgan fingerprint density at radius 1 is 1.10 bits per heavy atom. The van der Waals surface area contributed by atoms with Crippen molar-refractivity contribution in [2.75, 3.05) is 0 Å². The fourth-order valence-corrected chi connectivity index (χ4v) is 2.87. The number of nitrogens with zero attached hydrogens (tertiary/aromatic N) is 1. The Bertz CT molecular complexity index is 674. The molecule has 0 heterocycles. The first-order valence-corrected chi connectivity index (χ1v) is 8.01. The molecule has 2 aromatic carbocycles. The Hall–Kier alpha value is -1.96. The van der Waals surface area contributed by atoms with Gasteiger partial charge in [0.1, 0.15) is 5.78 Å². The van der Waals surface area contributed by atoms with E-state index in [0.29, 0.717) is 17.7 Å². The van der Waals surface area contributed by atoms with Crippen molar-refractivity contribution < 1.29 is 14.4 Å². The quantitative estimate of drug-likeness (QED) is 0.738. The molecule has 0 fully saturated rings. The van der Waals surface area contributed by atoms with E-state index in [1.165, 1.54) is 0 Å². The van der Waals surface area contributed by atoms with Crippen LogP contribution >= 0.6 is 7.60 Å². The molecule has 0 saturated carbocycles. The average molecular weight is 302 g/mol. The van der Waals surface area contributed by atoms with Crippen LogP contribution in [0.2, 0.25) is 0 Å². The number of nitrogens with one attached hydrogen (secondary N) is 1. The molecule has 0 aliphatic heterocycles. The fraction of sp³-hybridized carbons (Fsp3) is 0.133. The van der Waals surface area contributed by atoms with E-state index >= 15 is 0 Å². The number of nitriles is 1. The Kier molecular flexibility index (Phi) is 4.89. The molecule has 1 unspecified atom stereocenters. The summed E-state index contributed by atoms with van der Waals surface area (Å²) in [5.41, 5.74) is 1.84. The lowest BCUT2D eigenvalue weighted by Crippen LogP contribution is -2.21. The van der Waals surface area contributed by atoms with Crippen LogP contribution in [0.25, 0.3) is 0 Å². The standard InChI is InChI=1S/C15H15N2O3P/c16-10-12-6-8-14(9-7-12)15(21(18,19)20)17-11-13-4-2-1-3-5-13/h1-9,15,17H,11H2,(H2,18,19,20). The smallest absolute Gasteiger partial charge is 0.323 e. The van der Waals surface area contributed by atoms with Crippen molar-refractivity contribution in [2.24, 2.45) is 0 Å². The summed E-state index contributed by atoms with van der Waals surface area (Å²) in [6, 6.07) is 17.5. The van der Waals surface area contributed by atoms with Gasteiger partial charge in [-0.3, -0.25) is 9.88 Å². The second-order valence-electron chi connectivity index (χ2n) is 4.59. The molecule has 3 N–H and O–H groups in total. The second kappa shape index (κ2) is 6.66. The van der Waals surface area contributed by atoms with Gasteiger partial charge in [-0.25, -0.2) is 0 Å². The summed E-state index contributed by atoms with van der Waals surface area (Å²) >= 11 is 0. The SMILES string of the molecule is N#Cc1ccc(C(NCc2ccccc2)P(=O)(O)O)cc1. The molecule has 0 bridgehead atoms. The summed E-state index contributed by atoms with van der Waals surface area (Å²) in [5.74, 6) is -1.09. The van der Waals surface area contributed by atoms with Crippen molar-refractivity contribution in [3.8, 4) is 6.07 Å². The molecule has 0 aliphatic rings. The van der Waals surface area contributed by atoms with E-state index in [4.69, 9.17) is 5.26 Å². The van der Waals surface area contributed by atoms with Crippen LogP contribution in [0, 0.1) is 11.3 Å². The maximum Gasteiger partial charge on any atom is 0.346 e. The third-order valence-corrected chi connectivity index (χ3v) is 4.19. The Morgan fingerprint density at radius 2 is 1.71 bits per heavy atom. The van der Waals surface area contributed by atoms with Crippen molar-refractivity contribution in [1.29, 1.82) is 5.26 Å². The zero-order chi connectivity index (χ0) is 15.3. The number of rotatable bonds is 5. The minimum Gasteiger partial charge on any atom is -0.323 e. The van der Waals surface area contributed by atoms with E-state index in [-0.39, 0.29) is 0 Å². The predicted molar refractivity (Wildman–Crippen MR) is 79.2 cm³/mol. The average Bonchev–Trinajstić information content (AvgIpc) is 2.48. The molecule has 0 spiro atoms. The number of benzene rings is 2. The van der Waals surface area contributed by atoms with Gasteiger partial charge in [0, 0.05) is 6.54 Å². The lowest BCUT2D eigenvalue weighted by Gasteiger charge is -2.20. The molecular formula is C15H15N2O3P. The molecule has 6 heteroatoms. The van der Waals surface area contributed by atoms with Gasteiger partial charge in [0.15, 0.2) is 0 Å². The van der Waals surface area contributed by atoms with E-state index in [0.717, 1.165) is 5.56 Å². The van der Waals surface area contributed by atoms with Crippen LogP contribution in [-0.4, -0.2) is 9.79 Å². The van der Waals surface area contributed by atoms with Crippen LogP contribution in [0.1, 0.15) is 22.5 Å². The summed E-state index contributed by atoms with van der Waals surface area (Å²) in [6.07, 6.45) is 0. The minimum absolute atomic E-state index is 0.344. The van der Waals surface area contributed by atoms with Crippen LogP contribution in [0.4, 0.5) is 0 Å². The molecular weight excluding hydrogens is 287 g/mol.